The average molecular weight is 499 g/mol. The number of carboxylic acids is 2. The van der Waals surface area contributed by atoms with Gasteiger partial charge in [-0.3, -0.25) is 4.79 Å². The lowest BCUT2D eigenvalue weighted by atomic mass is 10.2. The van der Waals surface area contributed by atoms with Crippen molar-refractivity contribution < 1.29 is 33.0 Å². The van der Waals surface area contributed by atoms with E-state index in [1.165, 1.54) is 18.7 Å². The van der Waals surface area contributed by atoms with E-state index in [0.29, 0.717) is 11.3 Å². The summed E-state index contributed by atoms with van der Waals surface area (Å²) in [5, 5.41) is 18.4. The summed E-state index contributed by atoms with van der Waals surface area (Å²) in [6, 6.07) is 9.48. The van der Waals surface area contributed by atoms with Gasteiger partial charge >= 0.3 is 11.9 Å². The highest BCUT2D eigenvalue weighted by Crippen LogP contribution is 2.34. The number of carbonyl (C=O) groups is 3. The number of hydrogen-bond donors (Lipinski definition) is 2. The number of thioether (sulfide) groups is 1. The smallest absolute Gasteiger partial charge is 0.346 e. The minimum Gasteiger partial charge on any atom is -0.478 e. The zero-order chi connectivity index (χ0) is 23.6. The van der Waals surface area contributed by atoms with Crippen LogP contribution in [0.15, 0.2) is 39.4 Å². The quantitative estimate of drug-likeness (QED) is 0.557. The summed E-state index contributed by atoms with van der Waals surface area (Å²) in [5.74, 6) is -2.98. The summed E-state index contributed by atoms with van der Waals surface area (Å²) >= 11 is 1.86. The number of piperazine rings is 1. The van der Waals surface area contributed by atoms with E-state index in [-0.39, 0.29) is 47.8 Å². The third-order valence-electron chi connectivity index (χ3n) is 5.05. The Morgan fingerprint density at radius 1 is 1.03 bits per heavy atom. The van der Waals surface area contributed by atoms with Gasteiger partial charge in [-0.25, -0.2) is 18.0 Å². The van der Waals surface area contributed by atoms with Gasteiger partial charge in [-0.05, 0) is 31.5 Å². The van der Waals surface area contributed by atoms with Crippen LogP contribution >= 0.6 is 23.1 Å². The molecule has 1 amide bonds. The van der Waals surface area contributed by atoms with Crippen LogP contribution in [0.3, 0.4) is 0 Å². The Morgan fingerprint density at radius 3 is 2.16 bits per heavy atom. The third kappa shape index (κ3) is 4.82. The second-order valence-electron chi connectivity index (χ2n) is 7.13. The molecule has 1 saturated heterocycles. The molecular formula is C20H22N2O7S3. The molecule has 32 heavy (non-hydrogen) atoms. The number of hydrogen-bond acceptors (Lipinski definition) is 7. The van der Waals surface area contributed by atoms with E-state index >= 15 is 0 Å². The van der Waals surface area contributed by atoms with Gasteiger partial charge in [0, 0.05) is 31.1 Å². The van der Waals surface area contributed by atoms with Gasteiger partial charge < -0.3 is 15.1 Å². The van der Waals surface area contributed by atoms with E-state index in [9.17, 15) is 33.0 Å². The highest BCUT2D eigenvalue weighted by atomic mass is 32.2. The molecule has 1 aromatic carbocycles. The van der Waals surface area contributed by atoms with Gasteiger partial charge in [0.05, 0.1) is 10.8 Å². The fraction of sp³-hybridized carbons (Fsp3) is 0.350. The largest absolute Gasteiger partial charge is 0.478 e. The molecule has 2 aromatic rings. The monoisotopic (exact) mass is 498 g/mol. The molecule has 3 rings (SSSR count). The number of carboxylic acid groups (broad SMARTS) is 2. The Bertz CT molecular complexity index is 1140. The highest BCUT2D eigenvalue weighted by molar-refractivity contribution is 8.00. The Labute approximate surface area is 193 Å². The van der Waals surface area contributed by atoms with E-state index in [4.69, 9.17) is 0 Å². The van der Waals surface area contributed by atoms with Crippen LogP contribution in [-0.2, 0) is 14.8 Å². The van der Waals surface area contributed by atoms with E-state index < -0.39 is 31.7 Å². The lowest BCUT2D eigenvalue weighted by molar-refractivity contribution is -0.131. The third-order valence-corrected chi connectivity index (χ3v) is 9.82. The van der Waals surface area contributed by atoms with Crippen molar-refractivity contribution in [1.82, 2.24) is 9.21 Å². The molecule has 1 atom stereocenters. The van der Waals surface area contributed by atoms with Crippen molar-refractivity contribution in [2.75, 3.05) is 26.2 Å². The van der Waals surface area contributed by atoms with Crippen molar-refractivity contribution in [3.05, 3.63) is 46.3 Å². The Kier molecular flexibility index (Phi) is 7.28. The maximum atomic E-state index is 13.1. The van der Waals surface area contributed by atoms with Crippen LogP contribution in [0.1, 0.15) is 32.5 Å². The summed E-state index contributed by atoms with van der Waals surface area (Å²) < 4.78 is 26.9. The fourth-order valence-corrected chi connectivity index (χ4v) is 7.60. The predicted molar refractivity (Wildman–Crippen MR) is 120 cm³/mol. The average Bonchev–Trinajstić information content (AvgIpc) is 3.12. The molecular weight excluding hydrogens is 476 g/mol. The Balaban J connectivity index is 1.73. The molecule has 2 heterocycles. The van der Waals surface area contributed by atoms with Crippen LogP contribution in [0.5, 0.6) is 0 Å². The Hall–Kier alpha value is -2.41. The van der Waals surface area contributed by atoms with Crippen molar-refractivity contribution in [2.24, 2.45) is 0 Å². The molecule has 1 aromatic heterocycles. The first-order valence-electron chi connectivity index (χ1n) is 9.64. The maximum Gasteiger partial charge on any atom is 0.346 e. The van der Waals surface area contributed by atoms with Gasteiger partial charge in [0.1, 0.15) is 4.88 Å². The van der Waals surface area contributed by atoms with Crippen molar-refractivity contribution in [3.63, 3.8) is 0 Å². The summed E-state index contributed by atoms with van der Waals surface area (Å²) in [5.41, 5.74) is -0.604. The first-order chi connectivity index (χ1) is 15.0. The van der Waals surface area contributed by atoms with Gasteiger partial charge in [0.25, 0.3) is 10.0 Å². The van der Waals surface area contributed by atoms with Gasteiger partial charge in [0.15, 0.2) is 4.21 Å². The summed E-state index contributed by atoms with van der Waals surface area (Å²) in [4.78, 5) is 38.1. The van der Waals surface area contributed by atoms with Crippen molar-refractivity contribution in [3.8, 4) is 0 Å². The second kappa shape index (κ2) is 9.61. The molecule has 0 bridgehead atoms. The molecule has 1 aliphatic rings. The number of benzene rings is 1. The molecule has 2 N–H and O–H groups in total. The SMILES string of the molecule is Cc1c(C(=O)O)sc(S(=O)(=O)N2CCN(C(=O)C(C)Sc3ccccc3)CC2)c1C(=O)O. The molecule has 12 heteroatoms. The van der Waals surface area contributed by atoms with Crippen LogP contribution in [0.2, 0.25) is 0 Å². The lowest BCUT2D eigenvalue weighted by Crippen LogP contribution is -2.52. The van der Waals surface area contributed by atoms with Crippen molar-refractivity contribution in [2.45, 2.75) is 28.2 Å². The minimum atomic E-state index is -4.23. The summed E-state index contributed by atoms with van der Waals surface area (Å²) in [6.45, 7) is 3.39. The van der Waals surface area contributed by atoms with Gasteiger partial charge in [-0.2, -0.15) is 4.31 Å². The van der Waals surface area contributed by atoms with Gasteiger partial charge in [0.2, 0.25) is 5.91 Å². The molecule has 1 fully saturated rings. The predicted octanol–water partition coefficient (Wildman–Crippen LogP) is 2.47. The lowest BCUT2D eigenvalue weighted by Gasteiger charge is -2.35. The zero-order valence-corrected chi connectivity index (χ0v) is 19.8. The van der Waals surface area contributed by atoms with Crippen LogP contribution in [0.25, 0.3) is 0 Å². The summed E-state index contributed by atoms with van der Waals surface area (Å²) in [7, 11) is -4.23. The van der Waals surface area contributed by atoms with Crippen LogP contribution in [0.4, 0.5) is 0 Å². The minimum absolute atomic E-state index is 0.00475. The number of thiophene rings is 1. The fourth-order valence-electron chi connectivity index (χ4n) is 3.40. The number of amides is 1. The number of carbonyl (C=O) groups excluding carboxylic acids is 1. The number of nitrogens with zero attached hydrogens (tertiary/aromatic N) is 2. The Morgan fingerprint density at radius 2 is 1.62 bits per heavy atom. The molecule has 0 spiro atoms. The molecule has 172 valence electrons. The molecule has 0 aliphatic carbocycles. The molecule has 0 saturated carbocycles. The van der Waals surface area contributed by atoms with E-state index in [0.717, 1.165) is 9.20 Å². The maximum absolute atomic E-state index is 13.1. The number of sulfonamides is 1. The van der Waals surface area contributed by atoms with Crippen molar-refractivity contribution in [1.29, 1.82) is 0 Å². The second-order valence-corrected chi connectivity index (χ2v) is 11.7. The zero-order valence-electron chi connectivity index (χ0n) is 17.3. The normalized spacial score (nSPS) is 16.0. The van der Waals surface area contributed by atoms with Crippen LogP contribution < -0.4 is 0 Å². The number of rotatable bonds is 7. The topological polar surface area (TPSA) is 132 Å². The molecule has 0 radical (unpaired) electrons. The number of aromatic carboxylic acids is 2. The van der Waals surface area contributed by atoms with Crippen molar-refractivity contribution >= 4 is 51.0 Å². The molecule has 9 nitrogen and oxygen atoms in total. The standard InChI is InChI=1S/C20H22N2O7S3/c1-12-15(18(24)25)20(31-16(12)19(26)27)32(28,29)22-10-8-21(9-11-22)17(23)13(2)30-14-6-4-3-5-7-14/h3-7,13H,8-11H2,1-2H3,(H,24,25)(H,26,27). The first kappa shape index (κ1) is 24.2. The highest BCUT2D eigenvalue weighted by Gasteiger charge is 2.37. The van der Waals surface area contributed by atoms with Crippen LogP contribution in [-0.4, -0.2) is 77.1 Å². The first-order valence-corrected chi connectivity index (χ1v) is 12.8. The molecule has 1 unspecified atom stereocenters. The van der Waals surface area contributed by atoms with Crippen LogP contribution in [0, 0.1) is 6.92 Å². The van der Waals surface area contributed by atoms with E-state index in [1.807, 2.05) is 30.3 Å². The summed E-state index contributed by atoms with van der Waals surface area (Å²) in [6.07, 6.45) is 0. The van der Waals surface area contributed by atoms with Gasteiger partial charge in [-0.1, -0.05) is 18.2 Å². The molecule has 1 aliphatic heterocycles. The van der Waals surface area contributed by atoms with E-state index in [2.05, 4.69) is 0 Å². The van der Waals surface area contributed by atoms with E-state index in [1.54, 1.807) is 11.8 Å². The van der Waals surface area contributed by atoms with Gasteiger partial charge in [-0.15, -0.1) is 23.1 Å².